The topological polar surface area (TPSA) is 217 Å². The molecule has 5 N–H and O–H groups in total. The molecule has 6 rings (SSSR count). The average Bonchev–Trinajstić information content (AvgIpc) is 3.67. The Balaban J connectivity index is 0.979. The molecule has 1 fully saturated rings. The number of carbonyl (C=O) groups excluding carboxylic acids is 7. The maximum absolute atomic E-state index is 13.9. The number of unbranched alkanes of at least 4 members (excludes halogenated alkanes) is 1. The summed E-state index contributed by atoms with van der Waals surface area (Å²) in [7, 11) is 1.20. The molecule has 0 heterocycles. The summed E-state index contributed by atoms with van der Waals surface area (Å²) in [5.41, 5.74) is 3.89. The molecule has 73 heavy (non-hydrogen) atoms. The third-order valence-electron chi connectivity index (χ3n) is 13.0. The highest BCUT2D eigenvalue weighted by Gasteiger charge is 2.33. The summed E-state index contributed by atoms with van der Waals surface area (Å²) >= 11 is 0. The highest BCUT2D eigenvalue weighted by atomic mass is 16.6. The van der Waals surface area contributed by atoms with Gasteiger partial charge in [-0.25, -0.2) is 19.2 Å². The standard InChI is InChI=1S/C57H73N5O11/c1-56(2,3)72-49(63)30-29-47(53(67)73-57(4,5)6)62-54(68)61-46(52(66)70-7)22-14-15-31-58-51(65)48(33-37-25-26-38-16-8-9-17-40(38)32-37)60-50(64)39-27-23-36(24-28-39)34-59-55(69)71-35-45-43-20-12-10-18-41(43)42-19-11-13-21-44(42)45/h8-13,16-21,25-26,32,36,39,45-48H,14-15,22-24,27-31,33-35H2,1-7H3,(H,58,65)(H,59,69)(H,60,64)(H2,61,62,68). The first-order chi connectivity index (χ1) is 34.8. The number of methoxy groups -OCH3 is 1. The van der Waals surface area contributed by atoms with Crippen molar-refractivity contribution in [1.82, 2.24) is 26.6 Å². The number of esters is 3. The number of benzene rings is 4. The van der Waals surface area contributed by atoms with Crippen molar-refractivity contribution >= 4 is 52.6 Å². The van der Waals surface area contributed by atoms with Gasteiger partial charge in [-0.3, -0.25) is 14.4 Å². The largest absolute Gasteiger partial charge is 0.467 e. The first kappa shape index (κ1) is 55.3. The fourth-order valence-corrected chi connectivity index (χ4v) is 9.44. The van der Waals surface area contributed by atoms with Gasteiger partial charge in [0.25, 0.3) is 0 Å². The quantitative estimate of drug-likeness (QED) is 0.0305. The van der Waals surface area contributed by atoms with E-state index in [0.717, 1.165) is 51.4 Å². The Morgan fingerprint density at radius 2 is 1.23 bits per heavy atom. The molecule has 0 bridgehead atoms. The van der Waals surface area contributed by atoms with Gasteiger partial charge in [-0.05, 0) is 137 Å². The van der Waals surface area contributed by atoms with E-state index in [1.807, 2.05) is 66.7 Å². The van der Waals surface area contributed by atoms with Crippen LogP contribution in [0.3, 0.4) is 0 Å². The molecular formula is C57H73N5O11. The van der Waals surface area contributed by atoms with E-state index < -0.39 is 59.4 Å². The molecule has 0 aliphatic heterocycles. The van der Waals surface area contributed by atoms with Gasteiger partial charge >= 0.3 is 30.0 Å². The number of hydrogen-bond donors (Lipinski definition) is 5. The third-order valence-corrected chi connectivity index (χ3v) is 13.0. The van der Waals surface area contributed by atoms with Crippen molar-refractivity contribution in [3.8, 4) is 11.1 Å². The lowest BCUT2D eigenvalue weighted by molar-refractivity contribution is -0.158. The van der Waals surface area contributed by atoms with Crippen molar-refractivity contribution in [1.29, 1.82) is 0 Å². The monoisotopic (exact) mass is 1000 g/mol. The predicted octanol–water partition coefficient (Wildman–Crippen LogP) is 8.17. The molecule has 4 aromatic carbocycles. The number of urea groups is 1. The van der Waals surface area contributed by atoms with Crippen LogP contribution < -0.4 is 26.6 Å². The van der Waals surface area contributed by atoms with E-state index in [2.05, 4.69) is 50.8 Å². The van der Waals surface area contributed by atoms with Gasteiger partial charge in [-0.2, -0.15) is 0 Å². The van der Waals surface area contributed by atoms with E-state index in [1.54, 1.807) is 41.5 Å². The number of rotatable bonds is 21. The van der Waals surface area contributed by atoms with Gasteiger partial charge in [0.15, 0.2) is 0 Å². The van der Waals surface area contributed by atoms with Crippen molar-refractivity contribution in [3.05, 3.63) is 108 Å². The summed E-state index contributed by atoms with van der Waals surface area (Å²) in [6, 6.07) is 26.3. The summed E-state index contributed by atoms with van der Waals surface area (Å²) in [5.74, 6) is -2.73. The van der Waals surface area contributed by atoms with Crippen LogP contribution in [0.1, 0.15) is 122 Å². The van der Waals surface area contributed by atoms with Crippen LogP contribution in [0.4, 0.5) is 9.59 Å². The van der Waals surface area contributed by atoms with Gasteiger partial charge < -0.3 is 45.5 Å². The highest BCUT2D eigenvalue weighted by Crippen LogP contribution is 2.44. The average molecular weight is 1000 g/mol. The molecule has 4 aromatic rings. The molecule has 3 unspecified atom stereocenters. The SMILES string of the molecule is COC(=O)C(CCCCNC(=O)C(Cc1ccc2ccccc2c1)NC(=O)C1CCC(CNC(=O)OCC2c3ccccc3-c3ccccc32)CC1)NC(=O)NC(CCC(=O)OC(C)(C)C)C(=O)OC(C)(C)C. The summed E-state index contributed by atoms with van der Waals surface area (Å²) in [6.45, 7) is 11.1. The van der Waals surface area contributed by atoms with E-state index >= 15 is 0 Å². The Morgan fingerprint density at radius 3 is 1.86 bits per heavy atom. The highest BCUT2D eigenvalue weighted by molar-refractivity contribution is 5.90. The molecule has 0 radical (unpaired) electrons. The minimum Gasteiger partial charge on any atom is -0.467 e. The van der Waals surface area contributed by atoms with E-state index in [4.69, 9.17) is 18.9 Å². The fraction of sp³-hybridized carbons (Fsp3) is 0.491. The van der Waals surface area contributed by atoms with Crippen LogP contribution >= 0.6 is 0 Å². The van der Waals surface area contributed by atoms with Crippen molar-refractivity contribution < 1.29 is 52.5 Å². The van der Waals surface area contributed by atoms with E-state index in [0.29, 0.717) is 32.2 Å². The molecular weight excluding hydrogens is 931 g/mol. The zero-order valence-electron chi connectivity index (χ0n) is 43.3. The third kappa shape index (κ3) is 16.8. The minimum absolute atomic E-state index is 0.0321. The molecule has 0 spiro atoms. The summed E-state index contributed by atoms with van der Waals surface area (Å²) < 4.78 is 21.6. The van der Waals surface area contributed by atoms with Crippen LogP contribution in [0, 0.1) is 11.8 Å². The number of carbonyl (C=O) groups is 7. The Hall–Kier alpha value is -6.97. The van der Waals surface area contributed by atoms with Gasteiger partial charge in [0.05, 0.1) is 7.11 Å². The molecule has 0 saturated heterocycles. The predicted molar refractivity (Wildman–Crippen MR) is 277 cm³/mol. The zero-order chi connectivity index (χ0) is 52.7. The van der Waals surface area contributed by atoms with Crippen LogP contribution in [0.25, 0.3) is 21.9 Å². The van der Waals surface area contributed by atoms with Crippen LogP contribution in [-0.2, 0) is 49.3 Å². The number of nitrogens with one attached hydrogen (secondary N) is 5. The number of amides is 5. The molecule has 16 heteroatoms. The van der Waals surface area contributed by atoms with Gasteiger partial charge in [0.2, 0.25) is 11.8 Å². The lowest BCUT2D eigenvalue weighted by Gasteiger charge is -2.29. The van der Waals surface area contributed by atoms with E-state index in [1.165, 1.54) is 7.11 Å². The molecule has 392 valence electrons. The van der Waals surface area contributed by atoms with Gasteiger partial charge in [0, 0.05) is 37.8 Å². The lowest BCUT2D eigenvalue weighted by atomic mass is 9.81. The molecule has 2 aliphatic carbocycles. The molecule has 1 saturated carbocycles. The van der Waals surface area contributed by atoms with Crippen LogP contribution in [0.5, 0.6) is 0 Å². The Kier molecular flexibility index (Phi) is 19.4. The molecule has 2 aliphatic rings. The van der Waals surface area contributed by atoms with Crippen LogP contribution in [0.15, 0.2) is 91.0 Å². The van der Waals surface area contributed by atoms with Crippen molar-refractivity contribution in [3.63, 3.8) is 0 Å². The minimum atomic E-state index is -1.22. The number of fused-ring (bicyclic) bond motifs is 4. The Labute approximate surface area is 428 Å². The zero-order valence-corrected chi connectivity index (χ0v) is 43.3. The lowest BCUT2D eigenvalue weighted by Crippen LogP contribution is -2.52. The Bertz CT molecular complexity index is 2530. The van der Waals surface area contributed by atoms with Gasteiger partial charge in [0.1, 0.15) is 35.9 Å². The maximum Gasteiger partial charge on any atom is 0.407 e. The number of ether oxygens (including phenoxy) is 4. The maximum atomic E-state index is 13.9. The number of alkyl carbamates (subject to hydrolysis) is 1. The van der Waals surface area contributed by atoms with E-state index in [-0.39, 0.29) is 68.4 Å². The van der Waals surface area contributed by atoms with Crippen LogP contribution in [-0.4, -0.2) is 98.0 Å². The van der Waals surface area contributed by atoms with Crippen molar-refractivity contribution in [2.24, 2.45) is 11.8 Å². The number of hydrogen-bond acceptors (Lipinski definition) is 11. The second kappa shape index (κ2) is 25.6. The molecule has 16 nitrogen and oxygen atoms in total. The second-order valence-electron chi connectivity index (χ2n) is 21.1. The van der Waals surface area contributed by atoms with Gasteiger partial charge in [-0.1, -0.05) is 91.0 Å². The normalized spacial score (nSPS) is 16.6. The summed E-state index contributed by atoms with van der Waals surface area (Å²) in [6.07, 6.45) is 3.13. The molecule has 5 amide bonds. The Morgan fingerprint density at radius 1 is 0.630 bits per heavy atom. The fourth-order valence-electron chi connectivity index (χ4n) is 9.44. The first-order valence-corrected chi connectivity index (χ1v) is 25.5. The van der Waals surface area contributed by atoms with E-state index in [9.17, 15) is 33.6 Å². The summed E-state index contributed by atoms with van der Waals surface area (Å²) in [4.78, 5) is 92.3. The van der Waals surface area contributed by atoms with Crippen LogP contribution in [0.2, 0.25) is 0 Å². The smallest absolute Gasteiger partial charge is 0.407 e. The first-order valence-electron chi connectivity index (χ1n) is 25.5. The summed E-state index contributed by atoms with van der Waals surface area (Å²) in [5, 5.41) is 16.2. The second-order valence-corrected chi connectivity index (χ2v) is 21.1. The van der Waals surface area contributed by atoms with Crippen molar-refractivity contribution in [2.45, 2.75) is 141 Å². The molecule has 0 aromatic heterocycles. The molecule has 3 atom stereocenters. The van der Waals surface area contributed by atoms with Crippen molar-refractivity contribution in [2.75, 3.05) is 26.8 Å². The van der Waals surface area contributed by atoms with Gasteiger partial charge in [-0.15, -0.1) is 0 Å².